The van der Waals surface area contributed by atoms with Crippen LogP contribution >= 0.6 is 0 Å². The average Bonchev–Trinajstić information content (AvgIpc) is 3.06. The van der Waals surface area contributed by atoms with Crippen molar-refractivity contribution in [3.05, 3.63) is 76.5 Å². The molecule has 0 saturated carbocycles. The van der Waals surface area contributed by atoms with Crippen molar-refractivity contribution >= 4 is 17.0 Å². The van der Waals surface area contributed by atoms with Gasteiger partial charge in [-0.15, -0.1) is 0 Å². The number of nitrogens with zero attached hydrogens (tertiary/aromatic N) is 3. The summed E-state index contributed by atoms with van der Waals surface area (Å²) in [6.07, 6.45) is 3.46. The third-order valence-electron chi connectivity index (χ3n) is 4.01. The van der Waals surface area contributed by atoms with Gasteiger partial charge in [0.2, 0.25) is 5.95 Å². The summed E-state index contributed by atoms with van der Waals surface area (Å²) < 4.78 is 0. The molecule has 7 nitrogen and oxygen atoms in total. The standard InChI is InChI=1S/C19H14N6O/c20-8-12-2-1-3-13(6-12)9-21-18-22-10-15(11-23-18)14-4-5-16-17(7-14)25-19(26)24-16/h1-7,10-11H,9H2,(H,21,22,23)(H2,24,25,26). The van der Waals surface area contributed by atoms with Crippen molar-refractivity contribution in [2.75, 3.05) is 5.32 Å². The molecule has 4 aromatic rings. The molecule has 0 amide bonds. The molecule has 2 aromatic carbocycles. The van der Waals surface area contributed by atoms with Crippen LogP contribution in [0.2, 0.25) is 0 Å². The summed E-state index contributed by atoms with van der Waals surface area (Å²) >= 11 is 0. The minimum atomic E-state index is -0.228. The molecule has 0 fully saturated rings. The lowest BCUT2D eigenvalue weighted by molar-refractivity contribution is 1.05. The molecule has 0 atom stereocenters. The number of H-pyrrole nitrogens is 2. The van der Waals surface area contributed by atoms with Crippen LogP contribution in [0.4, 0.5) is 5.95 Å². The number of anilines is 1. The van der Waals surface area contributed by atoms with Crippen molar-refractivity contribution in [3.8, 4) is 17.2 Å². The molecule has 0 bridgehead atoms. The first-order chi connectivity index (χ1) is 12.7. The second-order valence-corrected chi connectivity index (χ2v) is 5.80. The van der Waals surface area contributed by atoms with E-state index in [0.29, 0.717) is 18.1 Å². The van der Waals surface area contributed by atoms with E-state index in [4.69, 9.17) is 5.26 Å². The predicted molar refractivity (Wildman–Crippen MR) is 98.4 cm³/mol. The van der Waals surface area contributed by atoms with E-state index in [1.807, 2.05) is 36.4 Å². The van der Waals surface area contributed by atoms with Gasteiger partial charge >= 0.3 is 5.69 Å². The Kier molecular flexibility index (Phi) is 3.92. The van der Waals surface area contributed by atoms with E-state index in [1.165, 1.54) is 0 Å². The van der Waals surface area contributed by atoms with Crippen molar-refractivity contribution in [1.82, 2.24) is 19.9 Å². The first kappa shape index (κ1) is 15.6. The summed E-state index contributed by atoms with van der Waals surface area (Å²) in [6.45, 7) is 0.533. The summed E-state index contributed by atoms with van der Waals surface area (Å²) in [4.78, 5) is 25.5. The first-order valence-electron chi connectivity index (χ1n) is 7.99. The van der Waals surface area contributed by atoms with E-state index in [2.05, 4.69) is 31.3 Å². The van der Waals surface area contributed by atoms with Gasteiger partial charge in [-0.05, 0) is 35.4 Å². The lowest BCUT2D eigenvalue weighted by Crippen LogP contribution is -2.03. The van der Waals surface area contributed by atoms with Gasteiger partial charge in [-0.1, -0.05) is 18.2 Å². The molecule has 0 saturated heterocycles. The molecule has 0 unspecified atom stereocenters. The van der Waals surface area contributed by atoms with Crippen molar-refractivity contribution in [2.24, 2.45) is 0 Å². The van der Waals surface area contributed by atoms with Crippen LogP contribution in [-0.2, 0) is 6.54 Å². The summed E-state index contributed by atoms with van der Waals surface area (Å²) in [7, 11) is 0. The molecule has 3 N–H and O–H groups in total. The summed E-state index contributed by atoms with van der Waals surface area (Å²) in [5.41, 5.74) is 4.65. The van der Waals surface area contributed by atoms with Crippen LogP contribution in [0.5, 0.6) is 0 Å². The maximum absolute atomic E-state index is 11.3. The van der Waals surface area contributed by atoms with Gasteiger partial charge in [-0.25, -0.2) is 14.8 Å². The Hall–Kier alpha value is -3.92. The maximum atomic E-state index is 11.3. The minimum Gasteiger partial charge on any atom is -0.350 e. The lowest BCUT2D eigenvalue weighted by atomic mass is 10.1. The number of aromatic nitrogens is 4. The fourth-order valence-corrected chi connectivity index (χ4v) is 2.71. The number of nitriles is 1. The molecule has 0 radical (unpaired) electrons. The van der Waals surface area contributed by atoms with E-state index in [0.717, 1.165) is 27.7 Å². The molecule has 4 rings (SSSR count). The first-order valence-corrected chi connectivity index (χ1v) is 7.99. The third kappa shape index (κ3) is 3.16. The van der Waals surface area contributed by atoms with Gasteiger partial charge in [0.15, 0.2) is 0 Å². The third-order valence-corrected chi connectivity index (χ3v) is 4.01. The smallest absolute Gasteiger partial charge is 0.323 e. The van der Waals surface area contributed by atoms with Crippen LogP contribution in [0.1, 0.15) is 11.1 Å². The molecule has 0 aliphatic heterocycles. The Morgan fingerprint density at radius 1 is 1.00 bits per heavy atom. The number of imidazole rings is 1. The Morgan fingerprint density at radius 3 is 2.62 bits per heavy atom. The monoisotopic (exact) mass is 342 g/mol. The number of nitrogens with one attached hydrogen (secondary N) is 3. The van der Waals surface area contributed by atoms with Crippen LogP contribution in [0, 0.1) is 11.3 Å². The molecule has 2 heterocycles. The second-order valence-electron chi connectivity index (χ2n) is 5.80. The summed E-state index contributed by atoms with van der Waals surface area (Å²) in [5.74, 6) is 0.507. The highest BCUT2D eigenvalue weighted by Crippen LogP contribution is 2.21. The highest BCUT2D eigenvalue weighted by atomic mass is 16.1. The van der Waals surface area contributed by atoms with Crippen molar-refractivity contribution in [1.29, 1.82) is 5.26 Å². The number of hydrogen-bond donors (Lipinski definition) is 3. The van der Waals surface area contributed by atoms with E-state index in [1.54, 1.807) is 18.5 Å². The molecule has 0 aliphatic carbocycles. The van der Waals surface area contributed by atoms with Gasteiger partial charge in [0, 0.05) is 24.5 Å². The van der Waals surface area contributed by atoms with Crippen molar-refractivity contribution < 1.29 is 0 Å². The van der Waals surface area contributed by atoms with Crippen molar-refractivity contribution in [2.45, 2.75) is 6.54 Å². The zero-order valence-electron chi connectivity index (χ0n) is 13.7. The average molecular weight is 342 g/mol. The van der Waals surface area contributed by atoms with Crippen molar-refractivity contribution in [3.63, 3.8) is 0 Å². The molecule has 0 spiro atoms. The number of aromatic amines is 2. The van der Waals surface area contributed by atoms with Gasteiger partial charge in [0.05, 0.1) is 22.7 Å². The Labute approximate surface area is 148 Å². The van der Waals surface area contributed by atoms with Gasteiger partial charge in [-0.3, -0.25) is 0 Å². The highest BCUT2D eigenvalue weighted by Gasteiger charge is 2.04. The maximum Gasteiger partial charge on any atom is 0.323 e. The fourth-order valence-electron chi connectivity index (χ4n) is 2.71. The lowest BCUT2D eigenvalue weighted by Gasteiger charge is -2.06. The predicted octanol–water partition coefficient (Wildman–Crippen LogP) is 2.80. The minimum absolute atomic E-state index is 0.228. The fraction of sp³-hybridized carbons (Fsp3) is 0.0526. The number of fused-ring (bicyclic) bond motifs is 1. The molecular weight excluding hydrogens is 328 g/mol. The Morgan fingerprint density at radius 2 is 1.81 bits per heavy atom. The van der Waals surface area contributed by atoms with E-state index < -0.39 is 0 Å². The van der Waals surface area contributed by atoms with Gasteiger partial charge in [0.1, 0.15) is 0 Å². The zero-order chi connectivity index (χ0) is 17.9. The van der Waals surface area contributed by atoms with E-state index >= 15 is 0 Å². The van der Waals surface area contributed by atoms with E-state index in [9.17, 15) is 4.79 Å². The number of benzene rings is 2. The van der Waals surface area contributed by atoms with Gasteiger partial charge in [0.25, 0.3) is 0 Å². The highest BCUT2D eigenvalue weighted by molar-refractivity contribution is 5.81. The quantitative estimate of drug-likeness (QED) is 0.528. The normalized spacial score (nSPS) is 10.6. The number of rotatable bonds is 4. The molecule has 0 aliphatic rings. The zero-order valence-corrected chi connectivity index (χ0v) is 13.7. The van der Waals surface area contributed by atoms with Crippen LogP contribution in [0.25, 0.3) is 22.2 Å². The van der Waals surface area contributed by atoms with Crippen LogP contribution < -0.4 is 11.0 Å². The molecule has 126 valence electrons. The molecule has 2 aromatic heterocycles. The summed E-state index contributed by atoms with van der Waals surface area (Å²) in [5, 5.41) is 12.1. The molecule has 7 heteroatoms. The van der Waals surface area contributed by atoms with Gasteiger partial charge in [-0.2, -0.15) is 5.26 Å². The van der Waals surface area contributed by atoms with Crippen LogP contribution in [0.15, 0.2) is 59.7 Å². The Bertz CT molecular complexity index is 1170. The van der Waals surface area contributed by atoms with Crippen LogP contribution in [0.3, 0.4) is 0 Å². The summed E-state index contributed by atoms with van der Waals surface area (Å²) in [6, 6.07) is 15.1. The topological polar surface area (TPSA) is 110 Å². The van der Waals surface area contributed by atoms with Gasteiger partial charge < -0.3 is 15.3 Å². The number of hydrogen-bond acceptors (Lipinski definition) is 5. The SMILES string of the molecule is N#Cc1cccc(CNc2ncc(-c3ccc4[nH]c(=O)[nH]c4c3)cn2)c1. The Balaban J connectivity index is 1.50. The van der Waals surface area contributed by atoms with E-state index in [-0.39, 0.29) is 5.69 Å². The second kappa shape index (κ2) is 6.53. The molecule has 26 heavy (non-hydrogen) atoms. The van der Waals surface area contributed by atoms with Crippen LogP contribution in [-0.4, -0.2) is 19.9 Å². The molecular formula is C19H14N6O. The largest absolute Gasteiger partial charge is 0.350 e.